The smallest absolute Gasteiger partial charge is 0.232 e. The zero-order chi connectivity index (χ0) is 22.4. The zero-order valence-electron chi connectivity index (χ0n) is 16.1. The Labute approximate surface area is 172 Å². The second-order valence-electron chi connectivity index (χ2n) is 6.84. The fourth-order valence-corrected chi connectivity index (χ4v) is 3.15. The Morgan fingerprint density at radius 3 is 2.19 bits per heavy atom. The number of ketones is 1. The molecule has 0 radical (unpaired) electrons. The van der Waals surface area contributed by atoms with Gasteiger partial charge in [-0.3, -0.25) is 4.79 Å². The Morgan fingerprint density at radius 2 is 1.58 bits per heavy atom. The first-order valence-corrected chi connectivity index (χ1v) is 8.95. The molecule has 0 atom stereocenters. The molecule has 0 unspecified atom stereocenters. The van der Waals surface area contributed by atoms with E-state index in [1.807, 2.05) is 0 Å². The first-order valence-electron chi connectivity index (χ1n) is 8.95. The van der Waals surface area contributed by atoms with Crippen molar-refractivity contribution >= 4 is 11.9 Å². The van der Waals surface area contributed by atoms with Crippen molar-refractivity contribution in [1.29, 1.82) is 0 Å². The standard InChI is InChI=1S/C22H13F5O4/c1-9-5-12(29-8-13-17(23)19(25)21(27)20(26)18(13)24)7-14-16(9)22(28)15(31-14)6-11-4-3-10(2)30-11/h3-7H,8H2,1-2H3/b15-6-. The van der Waals surface area contributed by atoms with Gasteiger partial charge in [0.05, 0.1) is 11.1 Å². The Bertz CT molecular complexity index is 1230. The highest BCUT2D eigenvalue weighted by Gasteiger charge is 2.31. The molecule has 9 heteroatoms. The van der Waals surface area contributed by atoms with Crippen LogP contribution in [-0.2, 0) is 6.61 Å². The molecule has 0 N–H and O–H groups in total. The molecule has 0 fully saturated rings. The van der Waals surface area contributed by atoms with E-state index in [1.165, 1.54) is 18.2 Å². The summed E-state index contributed by atoms with van der Waals surface area (Å²) in [5.74, 6) is -9.49. The molecule has 0 spiro atoms. The molecule has 160 valence electrons. The molecule has 4 nitrogen and oxygen atoms in total. The van der Waals surface area contributed by atoms with Crippen molar-refractivity contribution in [2.75, 3.05) is 0 Å². The normalized spacial score (nSPS) is 14.2. The lowest BCUT2D eigenvalue weighted by Crippen LogP contribution is -2.10. The van der Waals surface area contributed by atoms with Gasteiger partial charge in [-0.25, -0.2) is 22.0 Å². The van der Waals surface area contributed by atoms with Crippen molar-refractivity contribution in [3.63, 3.8) is 0 Å². The summed E-state index contributed by atoms with van der Waals surface area (Å²) in [4.78, 5) is 12.6. The van der Waals surface area contributed by atoms with E-state index in [0.29, 0.717) is 17.1 Å². The van der Waals surface area contributed by atoms with Gasteiger partial charge in [-0.2, -0.15) is 0 Å². The summed E-state index contributed by atoms with van der Waals surface area (Å²) in [6.45, 7) is 2.41. The molecule has 0 bridgehead atoms. The molecule has 31 heavy (non-hydrogen) atoms. The Kier molecular flexibility index (Phi) is 5.04. The van der Waals surface area contributed by atoms with Gasteiger partial charge in [0.1, 0.15) is 29.6 Å². The number of benzene rings is 2. The van der Waals surface area contributed by atoms with Crippen LogP contribution in [0.5, 0.6) is 11.5 Å². The Hall–Kier alpha value is -3.62. The minimum absolute atomic E-state index is 0.00404. The topological polar surface area (TPSA) is 48.7 Å². The highest BCUT2D eigenvalue weighted by Crippen LogP contribution is 2.38. The zero-order valence-corrected chi connectivity index (χ0v) is 16.1. The summed E-state index contributed by atoms with van der Waals surface area (Å²) < 4.78 is 83.7. The predicted molar refractivity (Wildman–Crippen MR) is 98.1 cm³/mol. The van der Waals surface area contributed by atoms with E-state index < -0.39 is 47.0 Å². The van der Waals surface area contributed by atoms with Crippen LogP contribution in [0.3, 0.4) is 0 Å². The summed E-state index contributed by atoms with van der Waals surface area (Å²) in [6.07, 6.45) is 1.42. The summed E-state index contributed by atoms with van der Waals surface area (Å²) in [5.41, 5.74) is -0.410. The first kappa shape index (κ1) is 20.6. The minimum Gasteiger partial charge on any atom is -0.489 e. The number of aryl methyl sites for hydroxylation is 2. The second kappa shape index (κ2) is 7.57. The van der Waals surface area contributed by atoms with Gasteiger partial charge in [0.25, 0.3) is 0 Å². The maximum absolute atomic E-state index is 13.8. The number of hydrogen-bond donors (Lipinski definition) is 0. The van der Waals surface area contributed by atoms with Gasteiger partial charge < -0.3 is 13.9 Å². The van der Waals surface area contributed by atoms with E-state index in [9.17, 15) is 26.7 Å². The summed E-state index contributed by atoms with van der Waals surface area (Å²) in [6, 6.07) is 6.07. The van der Waals surface area contributed by atoms with Gasteiger partial charge in [-0.05, 0) is 37.6 Å². The lowest BCUT2D eigenvalue weighted by atomic mass is 10.0. The van der Waals surface area contributed by atoms with Crippen molar-refractivity contribution in [2.45, 2.75) is 20.5 Å². The van der Waals surface area contributed by atoms with Crippen LogP contribution in [0.2, 0.25) is 0 Å². The molecule has 0 aliphatic carbocycles. The monoisotopic (exact) mass is 436 g/mol. The Morgan fingerprint density at radius 1 is 0.935 bits per heavy atom. The molecular weight excluding hydrogens is 423 g/mol. The third-order valence-corrected chi connectivity index (χ3v) is 4.66. The van der Waals surface area contributed by atoms with Crippen LogP contribution in [0, 0.1) is 42.9 Å². The molecule has 2 aromatic carbocycles. The highest BCUT2D eigenvalue weighted by molar-refractivity contribution is 6.15. The fraction of sp³-hybridized carbons (Fsp3) is 0.136. The third kappa shape index (κ3) is 3.56. The molecule has 2 heterocycles. The van der Waals surface area contributed by atoms with Gasteiger partial charge >= 0.3 is 0 Å². The quantitative estimate of drug-likeness (QED) is 0.225. The maximum Gasteiger partial charge on any atom is 0.232 e. The maximum atomic E-state index is 13.8. The van der Waals surface area contributed by atoms with E-state index in [4.69, 9.17) is 13.9 Å². The average Bonchev–Trinajstić information content (AvgIpc) is 3.28. The van der Waals surface area contributed by atoms with E-state index in [2.05, 4.69) is 0 Å². The minimum atomic E-state index is -2.25. The molecule has 1 aromatic heterocycles. The van der Waals surface area contributed by atoms with Crippen molar-refractivity contribution < 1.29 is 40.6 Å². The summed E-state index contributed by atoms with van der Waals surface area (Å²) in [5, 5.41) is 0. The number of halogens is 5. The molecule has 3 aromatic rings. The summed E-state index contributed by atoms with van der Waals surface area (Å²) >= 11 is 0. The molecule has 4 rings (SSSR count). The van der Waals surface area contributed by atoms with Crippen LogP contribution in [-0.4, -0.2) is 5.78 Å². The third-order valence-electron chi connectivity index (χ3n) is 4.66. The van der Waals surface area contributed by atoms with Gasteiger partial charge in [-0.15, -0.1) is 0 Å². The lowest BCUT2D eigenvalue weighted by molar-refractivity contribution is 0.101. The van der Waals surface area contributed by atoms with E-state index >= 15 is 0 Å². The van der Waals surface area contributed by atoms with Gasteiger partial charge in [0.2, 0.25) is 11.6 Å². The molecule has 0 saturated heterocycles. The molecule has 1 aliphatic heterocycles. The van der Waals surface area contributed by atoms with Gasteiger partial charge in [0.15, 0.2) is 29.0 Å². The largest absolute Gasteiger partial charge is 0.489 e. The number of rotatable bonds is 4. The van der Waals surface area contributed by atoms with Crippen molar-refractivity contribution in [1.82, 2.24) is 0 Å². The average molecular weight is 436 g/mol. The van der Waals surface area contributed by atoms with Crippen LogP contribution >= 0.6 is 0 Å². The lowest BCUT2D eigenvalue weighted by Gasteiger charge is -2.11. The number of carbonyl (C=O) groups excluding carboxylic acids is 1. The van der Waals surface area contributed by atoms with Gasteiger partial charge in [-0.1, -0.05) is 0 Å². The number of fused-ring (bicyclic) bond motifs is 1. The molecule has 0 amide bonds. The van der Waals surface area contributed by atoms with Crippen molar-refractivity contribution in [2.24, 2.45) is 0 Å². The number of carbonyl (C=O) groups is 1. The van der Waals surface area contributed by atoms with Gasteiger partial charge in [0, 0.05) is 12.1 Å². The van der Waals surface area contributed by atoms with E-state index in [0.717, 1.165) is 0 Å². The predicted octanol–water partition coefficient (Wildman–Crippen LogP) is 5.79. The number of ether oxygens (including phenoxy) is 2. The van der Waals surface area contributed by atoms with Crippen LogP contribution in [0.15, 0.2) is 34.4 Å². The number of Topliss-reactive ketones (excluding diaryl/α,β-unsaturated/α-hetero) is 1. The van der Waals surface area contributed by atoms with Crippen LogP contribution in [0.4, 0.5) is 22.0 Å². The number of allylic oxidation sites excluding steroid dienone is 1. The number of hydrogen-bond acceptors (Lipinski definition) is 4. The fourth-order valence-electron chi connectivity index (χ4n) is 3.15. The van der Waals surface area contributed by atoms with E-state index in [1.54, 1.807) is 26.0 Å². The molecule has 1 aliphatic rings. The van der Waals surface area contributed by atoms with E-state index in [-0.39, 0.29) is 22.8 Å². The SMILES string of the molecule is Cc1ccc(/C=C2\Oc3cc(OCc4c(F)c(F)c(F)c(F)c4F)cc(C)c3C2=O)o1. The Balaban J connectivity index is 1.61. The molecular formula is C22H13F5O4. The number of furan rings is 1. The van der Waals surface area contributed by atoms with Crippen molar-refractivity contribution in [3.05, 3.63) is 87.3 Å². The first-order chi connectivity index (χ1) is 14.7. The van der Waals surface area contributed by atoms with Crippen LogP contribution in [0.25, 0.3) is 6.08 Å². The van der Waals surface area contributed by atoms with Crippen LogP contribution in [0.1, 0.15) is 33.0 Å². The van der Waals surface area contributed by atoms with Crippen LogP contribution < -0.4 is 9.47 Å². The molecule has 0 saturated carbocycles. The van der Waals surface area contributed by atoms with Crippen molar-refractivity contribution in [3.8, 4) is 11.5 Å². The summed E-state index contributed by atoms with van der Waals surface area (Å²) in [7, 11) is 0. The highest BCUT2D eigenvalue weighted by atomic mass is 19.2. The second-order valence-corrected chi connectivity index (χ2v) is 6.84.